The summed E-state index contributed by atoms with van der Waals surface area (Å²) in [5, 5.41) is 12.7. The van der Waals surface area contributed by atoms with Crippen molar-refractivity contribution in [3.8, 4) is 0 Å². The molecule has 0 spiro atoms. The minimum atomic E-state index is -0.381. The Morgan fingerprint density at radius 3 is 2.85 bits per heavy atom. The molecule has 0 bridgehead atoms. The first kappa shape index (κ1) is 15.3. The maximum Gasteiger partial charge on any atom is 0.317 e. The van der Waals surface area contributed by atoms with E-state index < -0.39 is 0 Å². The zero-order valence-corrected chi connectivity index (χ0v) is 13.3. The first-order valence-electron chi connectivity index (χ1n) is 6.98. The van der Waals surface area contributed by atoms with Crippen LogP contribution in [0.5, 0.6) is 0 Å². The first-order valence-corrected chi connectivity index (χ1v) is 7.77. The highest BCUT2D eigenvalue weighted by Gasteiger charge is 2.31. The van der Waals surface area contributed by atoms with Crippen molar-refractivity contribution in [2.24, 2.45) is 5.92 Å². The third-order valence-electron chi connectivity index (χ3n) is 3.60. The highest BCUT2D eigenvalue weighted by molar-refractivity contribution is 9.10. The largest absolute Gasteiger partial charge is 0.391 e. The van der Waals surface area contributed by atoms with Crippen molar-refractivity contribution in [1.82, 2.24) is 10.2 Å². The van der Waals surface area contributed by atoms with Gasteiger partial charge in [0.1, 0.15) is 0 Å². The van der Waals surface area contributed by atoms with Crippen LogP contribution in [-0.2, 0) is 6.42 Å². The molecule has 1 saturated carbocycles. The summed E-state index contributed by atoms with van der Waals surface area (Å²) in [5.41, 5.74) is 1.17. The van der Waals surface area contributed by atoms with Crippen LogP contribution >= 0.6 is 15.9 Å². The Hall–Kier alpha value is -1.07. The standard InChI is InChI=1S/C15H21BrN2O2/c1-18(10-14(19)12-6-7-12)15(20)17-9-8-11-4-2-3-5-13(11)16/h2-5,12,14,19H,6-10H2,1H3,(H,17,20)/t14-/m1/s1. The number of hydrogen-bond donors (Lipinski definition) is 2. The van der Waals surface area contributed by atoms with Crippen molar-refractivity contribution < 1.29 is 9.90 Å². The molecule has 1 aromatic carbocycles. The van der Waals surface area contributed by atoms with Gasteiger partial charge in [0.05, 0.1) is 6.10 Å². The normalized spacial score (nSPS) is 15.8. The molecule has 0 aromatic heterocycles. The number of urea groups is 1. The van der Waals surface area contributed by atoms with Crippen molar-refractivity contribution in [2.75, 3.05) is 20.1 Å². The summed E-state index contributed by atoms with van der Waals surface area (Å²) in [6, 6.07) is 7.86. The Labute approximate surface area is 128 Å². The lowest BCUT2D eigenvalue weighted by atomic mass is 10.1. The van der Waals surface area contributed by atoms with Crippen molar-refractivity contribution in [3.63, 3.8) is 0 Å². The van der Waals surface area contributed by atoms with Gasteiger partial charge in [-0.15, -0.1) is 0 Å². The Bertz CT molecular complexity index is 463. The summed E-state index contributed by atoms with van der Waals surface area (Å²) in [6.07, 6.45) is 2.57. The number of nitrogens with zero attached hydrogens (tertiary/aromatic N) is 1. The molecule has 1 fully saturated rings. The minimum absolute atomic E-state index is 0.128. The average Bonchev–Trinajstić information content (AvgIpc) is 3.25. The fourth-order valence-electron chi connectivity index (χ4n) is 2.13. The monoisotopic (exact) mass is 340 g/mol. The summed E-state index contributed by atoms with van der Waals surface area (Å²) in [6.45, 7) is 0.997. The smallest absolute Gasteiger partial charge is 0.317 e. The molecule has 110 valence electrons. The number of benzene rings is 1. The van der Waals surface area contributed by atoms with Gasteiger partial charge < -0.3 is 15.3 Å². The molecule has 2 amide bonds. The molecule has 0 radical (unpaired) electrons. The van der Waals surface area contributed by atoms with E-state index in [2.05, 4.69) is 21.2 Å². The number of amides is 2. The molecule has 2 rings (SSSR count). The molecule has 0 saturated heterocycles. The molecule has 1 aliphatic carbocycles. The second kappa shape index (κ2) is 7.09. The maximum absolute atomic E-state index is 11.9. The molecule has 0 aliphatic heterocycles. The molecule has 1 aliphatic rings. The number of likely N-dealkylation sites (N-methyl/N-ethyl adjacent to an activating group) is 1. The molecule has 1 atom stereocenters. The van der Waals surface area contributed by atoms with E-state index in [1.807, 2.05) is 24.3 Å². The predicted octanol–water partition coefficient (Wildman–Crippen LogP) is 2.40. The minimum Gasteiger partial charge on any atom is -0.391 e. The van der Waals surface area contributed by atoms with Gasteiger partial charge in [0.15, 0.2) is 0 Å². The number of aliphatic hydroxyl groups is 1. The zero-order chi connectivity index (χ0) is 14.5. The van der Waals surface area contributed by atoms with Gasteiger partial charge in [-0.3, -0.25) is 0 Å². The van der Waals surface area contributed by atoms with Crippen molar-refractivity contribution in [2.45, 2.75) is 25.4 Å². The van der Waals surface area contributed by atoms with E-state index >= 15 is 0 Å². The molecule has 0 heterocycles. The fraction of sp³-hybridized carbons (Fsp3) is 0.533. The Morgan fingerprint density at radius 2 is 2.20 bits per heavy atom. The molecular formula is C15H21BrN2O2. The van der Waals surface area contributed by atoms with Crippen LogP contribution in [0.2, 0.25) is 0 Å². The lowest BCUT2D eigenvalue weighted by molar-refractivity contribution is 0.113. The van der Waals surface area contributed by atoms with E-state index in [1.165, 1.54) is 5.56 Å². The van der Waals surface area contributed by atoms with Crippen LogP contribution in [0.1, 0.15) is 18.4 Å². The van der Waals surface area contributed by atoms with E-state index in [0.29, 0.717) is 19.0 Å². The lowest BCUT2D eigenvalue weighted by Crippen LogP contribution is -2.42. The van der Waals surface area contributed by atoms with Crippen LogP contribution in [0, 0.1) is 5.92 Å². The Kier molecular flexibility index (Phi) is 5.43. The number of hydrogen-bond acceptors (Lipinski definition) is 2. The number of aliphatic hydroxyl groups excluding tert-OH is 1. The third kappa shape index (κ3) is 4.49. The van der Waals surface area contributed by atoms with Gasteiger partial charge in [-0.1, -0.05) is 34.1 Å². The van der Waals surface area contributed by atoms with Gasteiger partial charge >= 0.3 is 6.03 Å². The van der Waals surface area contributed by atoms with Gasteiger partial charge in [0.25, 0.3) is 0 Å². The van der Waals surface area contributed by atoms with E-state index in [-0.39, 0.29) is 12.1 Å². The molecule has 20 heavy (non-hydrogen) atoms. The number of carbonyl (C=O) groups excluding carboxylic acids is 1. The number of nitrogens with one attached hydrogen (secondary N) is 1. The summed E-state index contributed by atoms with van der Waals surface area (Å²) < 4.78 is 1.06. The molecule has 0 unspecified atom stereocenters. The molecule has 2 N–H and O–H groups in total. The van der Waals surface area contributed by atoms with E-state index in [0.717, 1.165) is 23.7 Å². The SMILES string of the molecule is CN(C[C@@H](O)C1CC1)C(=O)NCCc1ccccc1Br. The fourth-order valence-corrected chi connectivity index (χ4v) is 2.62. The van der Waals surface area contributed by atoms with Crippen LogP contribution in [0.4, 0.5) is 4.79 Å². The van der Waals surface area contributed by atoms with Gasteiger partial charge in [0, 0.05) is 24.6 Å². The first-order chi connectivity index (χ1) is 9.58. The zero-order valence-electron chi connectivity index (χ0n) is 11.7. The second-order valence-electron chi connectivity index (χ2n) is 5.36. The molecule has 4 nitrogen and oxygen atoms in total. The van der Waals surface area contributed by atoms with Crippen molar-refractivity contribution in [3.05, 3.63) is 34.3 Å². The summed E-state index contributed by atoms with van der Waals surface area (Å²) in [7, 11) is 1.72. The Morgan fingerprint density at radius 1 is 1.50 bits per heavy atom. The number of carbonyl (C=O) groups is 1. The highest BCUT2D eigenvalue weighted by atomic mass is 79.9. The van der Waals surface area contributed by atoms with Gasteiger partial charge in [-0.2, -0.15) is 0 Å². The average molecular weight is 341 g/mol. The topological polar surface area (TPSA) is 52.6 Å². The predicted molar refractivity (Wildman–Crippen MR) is 82.6 cm³/mol. The van der Waals surface area contributed by atoms with Crippen LogP contribution in [0.25, 0.3) is 0 Å². The molecular weight excluding hydrogens is 320 g/mol. The van der Waals surface area contributed by atoms with E-state index in [9.17, 15) is 9.90 Å². The summed E-state index contributed by atoms with van der Waals surface area (Å²) in [5.74, 6) is 0.394. The van der Waals surface area contributed by atoms with Gasteiger partial charge in [0.2, 0.25) is 0 Å². The lowest BCUT2D eigenvalue weighted by Gasteiger charge is -2.21. The van der Waals surface area contributed by atoms with E-state index in [1.54, 1.807) is 11.9 Å². The second-order valence-corrected chi connectivity index (χ2v) is 6.21. The van der Waals surface area contributed by atoms with Crippen LogP contribution < -0.4 is 5.32 Å². The molecule has 5 heteroatoms. The van der Waals surface area contributed by atoms with Gasteiger partial charge in [-0.05, 0) is 36.8 Å². The van der Waals surface area contributed by atoms with Crippen LogP contribution in [-0.4, -0.2) is 42.3 Å². The van der Waals surface area contributed by atoms with Gasteiger partial charge in [-0.25, -0.2) is 4.79 Å². The summed E-state index contributed by atoms with van der Waals surface area (Å²) in [4.78, 5) is 13.4. The number of rotatable bonds is 6. The summed E-state index contributed by atoms with van der Waals surface area (Å²) >= 11 is 3.49. The van der Waals surface area contributed by atoms with Crippen molar-refractivity contribution >= 4 is 22.0 Å². The number of halogens is 1. The molecule has 1 aromatic rings. The third-order valence-corrected chi connectivity index (χ3v) is 4.38. The van der Waals surface area contributed by atoms with E-state index in [4.69, 9.17) is 0 Å². The van der Waals surface area contributed by atoms with Crippen molar-refractivity contribution in [1.29, 1.82) is 0 Å². The highest BCUT2D eigenvalue weighted by Crippen LogP contribution is 2.32. The quantitative estimate of drug-likeness (QED) is 0.835. The Balaban J connectivity index is 1.70. The maximum atomic E-state index is 11.9. The van der Waals surface area contributed by atoms with Crippen LogP contribution in [0.15, 0.2) is 28.7 Å². The van der Waals surface area contributed by atoms with Crippen LogP contribution in [0.3, 0.4) is 0 Å².